The molecule has 31 heavy (non-hydrogen) atoms. The van der Waals surface area contributed by atoms with Crippen LogP contribution in [0.4, 0.5) is 5.82 Å². The zero-order valence-corrected chi connectivity index (χ0v) is 18.8. The first kappa shape index (κ1) is 24.4. The number of rotatable bonds is 9. The number of nitrogen functional groups attached to an aromatic ring is 1. The van der Waals surface area contributed by atoms with Crippen molar-refractivity contribution in [1.82, 2.24) is 19.5 Å². The van der Waals surface area contributed by atoms with E-state index in [1.54, 1.807) is 0 Å². The van der Waals surface area contributed by atoms with Crippen LogP contribution in [0.1, 0.15) is 6.23 Å². The Labute approximate surface area is 175 Å². The predicted octanol–water partition coefficient (Wildman–Crippen LogP) is 0.0369. The van der Waals surface area contributed by atoms with Gasteiger partial charge in [-0.25, -0.2) is 23.8 Å². The van der Waals surface area contributed by atoms with Crippen molar-refractivity contribution in [2.45, 2.75) is 24.5 Å². The largest absolute Gasteiger partial charge is 0.479 e. The molecular formula is C12H20N5O11P3. The van der Waals surface area contributed by atoms with E-state index in [4.69, 9.17) is 29.1 Å². The van der Waals surface area contributed by atoms with Crippen molar-refractivity contribution in [3.8, 4) is 0 Å². The van der Waals surface area contributed by atoms with E-state index in [0.717, 1.165) is 0 Å². The molecule has 174 valence electrons. The fraction of sp³-hybridized carbons (Fsp3) is 0.583. The predicted molar refractivity (Wildman–Crippen MR) is 103 cm³/mol. The summed E-state index contributed by atoms with van der Waals surface area (Å²) in [6.45, 7) is -0.0164. The van der Waals surface area contributed by atoms with Crippen LogP contribution in [-0.2, 0) is 36.5 Å². The highest BCUT2D eigenvalue weighted by atomic mass is 31.3. The number of nitrogens with zero attached hydrogens (tertiary/aromatic N) is 4. The van der Waals surface area contributed by atoms with Crippen molar-refractivity contribution in [1.29, 1.82) is 0 Å². The third kappa shape index (κ3) is 5.75. The molecule has 1 aliphatic heterocycles. The normalized spacial score (nSPS) is 28.9. The monoisotopic (exact) mass is 503 g/mol. The van der Waals surface area contributed by atoms with Crippen molar-refractivity contribution < 1.29 is 51.2 Å². The second kappa shape index (κ2) is 9.30. The Kier molecular flexibility index (Phi) is 7.31. The molecule has 0 saturated carbocycles. The van der Waals surface area contributed by atoms with Crippen LogP contribution in [0.15, 0.2) is 12.7 Å². The minimum Gasteiger partial charge on any atom is -0.382 e. The molecule has 3 rings (SSSR count). The van der Waals surface area contributed by atoms with E-state index < -0.39 is 54.8 Å². The van der Waals surface area contributed by atoms with Gasteiger partial charge in [0, 0.05) is 13.8 Å². The van der Waals surface area contributed by atoms with Crippen molar-refractivity contribution in [3.05, 3.63) is 12.7 Å². The van der Waals surface area contributed by atoms with Crippen LogP contribution >= 0.6 is 23.7 Å². The Morgan fingerprint density at radius 2 is 2.00 bits per heavy atom. The number of ether oxygens (including phenoxy) is 2. The zero-order chi connectivity index (χ0) is 23.0. The fourth-order valence-electron chi connectivity index (χ4n) is 3.01. The van der Waals surface area contributed by atoms with Gasteiger partial charge in [-0.1, -0.05) is 0 Å². The summed E-state index contributed by atoms with van der Waals surface area (Å²) in [7, 11) is -11.5. The number of nitrogens with two attached hydrogens (primary N) is 1. The summed E-state index contributed by atoms with van der Waals surface area (Å²) in [6.07, 6.45) is -1.99. The lowest BCUT2D eigenvalue weighted by atomic mass is 10.1. The van der Waals surface area contributed by atoms with Crippen LogP contribution < -0.4 is 5.73 Å². The van der Waals surface area contributed by atoms with Gasteiger partial charge in [0.1, 0.15) is 30.2 Å². The van der Waals surface area contributed by atoms with Gasteiger partial charge < -0.3 is 34.4 Å². The standard InChI is InChI=1S/C12H20N5O11P3/c1-24-9-8(27-29(18)19)6(3-25-31(22,23)28-30(2,20)21)26-12(9)17-5-16-7-10(13)14-4-15-11(7)17/h4-6,8-9,12,29H,3H2,1-2H3,(H,18,19)(H,20,21)(H,22,23)(H2,13,14,15)/t6-,8-,9-,12-/m1/s1. The second-order valence-electron chi connectivity index (χ2n) is 6.35. The number of hydrogen-bond acceptors (Lipinski definition) is 12. The molecule has 0 aromatic carbocycles. The highest BCUT2D eigenvalue weighted by Gasteiger charge is 2.49. The topological polar surface area (TPSA) is 228 Å². The highest BCUT2D eigenvalue weighted by molar-refractivity contribution is 7.63. The molecule has 1 saturated heterocycles. The summed E-state index contributed by atoms with van der Waals surface area (Å²) in [6, 6.07) is 0. The van der Waals surface area contributed by atoms with Gasteiger partial charge in [-0.15, -0.1) is 0 Å². The van der Waals surface area contributed by atoms with Crippen LogP contribution in [0.2, 0.25) is 0 Å². The molecule has 0 aliphatic carbocycles. The average Bonchev–Trinajstić information content (AvgIpc) is 3.19. The smallest absolute Gasteiger partial charge is 0.382 e. The minimum absolute atomic E-state index is 0.107. The highest BCUT2D eigenvalue weighted by Crippen LogP contribution is 2.58. The molecule has 1 aliphatic rings. The van der Waals surface area contributed by atoms with Crippen LogP contribution in [0, 0.1) is 0 Å². The van der Waals surface area contributed by atoms with E-state index >= 15 is 0 Å². The number of phosphoric ester groups is 1. The Bertz CT molecular complexity index is 1060. The third-order valence-corrected chi connectivity index (χ3v) is 7.10. The molecule has 0 spiro atoms. The van der Waals surface area contributed by atoms with Crippen LogP contribution in [0.3, 0.4) is 0 Å². The lowest BCUT2D eigenvalue weighted by molar-refractivity contribution is -0.0576. The molecular weight excluding hydrogens is 483 g/mol. The van der Waals surface area contributed by atoms with E-state index in [2.05, 4.69) is 19.3 Å². The van der Waals surface area contributed by atoms with E-state index in [0.29, 0.717) is 6.66 Å². The molecule has 7 atom stereocenters. The quantitative estimate of drug-likeness (QED) is 0.331. The summed E-state index contributed by atoms with van der Waals surface area (Å²) >= 11 is 0. The first-order chi connectivity index (χ1) is 14.4. The summed E-state index contributed by atoms with van der Waals surface area (Å²) in [5.74, 6) is 0.107. The van der Waals surface area contributed by atoms with Gasteiger partial charge in [-0.2, -0.15) is 0 Å². The molecule has 3 heterocycles. The number of hydrogen-bond donors (Lipinski definition) is 4. The number of anilines is 1. The minimum atomic E-state index is -4.96. The SMILES string of the molecule is CO[C@@H]1[C@H](O[PH](=O)O)[C@@H](COP(=O)(O)OP(C)(=O)O)O[C@H]1n1cnc2c(N)ncnc21. The summed E-state index contributed by atoms with van der Waals surface area (Å²) in [5, 5.41) is 0. The van der Waals surface area contributed by atoms with Crippen molar-refractivity contribution in [3.63, 3.8) is 0 Å². The number of imidazole rings is 1. The van der Waals surface area contributed by atoms with Gasteiger partial charge in [-0.3, -0.25) is 18.2 Å². The van der Waals surface area contributed by atoms with Gasteiger partial charge in [0.05, 0.1) is 12.9 Å². The Morgan fingerprint density at radius 1 is 1.29 bits per heavy atom. The lowest BCUT2D eigenvalue weighted by Crippen LogP contribution is -2.36. The van der Waals surface area contributed by atoms with Crippen LogP contribution in [0.5, 0.6) is 0 Å². The van der Waals surface area contributed by atoms with Crippen molar-refractivity contribution in [2.75, 3.05) is 26.1 Å². The van der Waals surface area contributed by atoms with Crippen LogP contribution in [-0.4, -0.2) is 72.9 Å². The van der Waals surface area contributed by atoms with Crippen LogP contribution in [0.25, 0.3) is 11.2 Å². The lowest BCUT2D eigenvalue weighted by Gasteiger charge is -2.22. The fourth-order valence-corrected chi connectivity index (χ4v) is 5.59. The zero-order valence-electron chi connectivity index (χ0n) is 16.0. The average molecular weight is 503 g/mol. The maximum absolute atomic E-state index is 11.9. The molecule has 0 radical (unpaired) electrons. The molecule has 5 N–H and O–H groups in total. The molecule has 1 fully saturated rings. The summed E-state index contributed by atoms with van der Waals surface area (Å²) in [5.41, 5.74) is 6.30. The summed E-state index contributed by atoms with van der Waals surface area (Å²) in [4.78, 5) is 40.0. The molecule has 0 bridgehead atoms. The molecule has 19 heteroatoms. The summed E-state index contributed by atoms with van der Waals surface area (Å²) < 4.78 is 60.9. The second-order valence-corrected chi connectivity index (χ2v) is 10.6. The molecule has 0 amide bonds. The number of fused-ring (bicyclic) bond motifs is 1. The maximum atomic E-state index is 11.9. The van der Waals surface area contributed by atoms with Crippen molar-refractivity contribution in [2.24, 2.45) is 0 Å². The number of phosphoric acid groups is 1. The van der Waals surface area contributed by atoms with Gasteiger partial charge >= 0.3 is 23.7 Å². The number of aromatic nitrogens is 4. The molecule has 2 aromatic heterocycles. The van der Waals surface area contributed by atoms with Gasteiger partial charge in [0.2, 0.25) is 0 Å². The van der Waals surface area contributed by atoms with E-state index in [9.17, 15) is 23.5 Å². The Hall–Kier alpha value is -1.28. The Morgan fingerprint density at radius 3 is 2.61 bits per heavy atom. The molecule has 3 unspecified atom stereocenters. The van der Waals surface area contributed by atoms with Gasteiger partial charge in [-0.05, 0) is 0 Å². The van der Waals surface area contributed by atoms with E-state index in [1.807, 2.05) is 0 Å². The molecule has 2 aromatic rings. The number of methoxy groups -OCH3 is 1. The molecule has 16 nitrogen and oxygen atoms in total. The first-order valence-electron chi connectivity index (χ1n) is 8.41. The first-order valence-corrected chi connectivity index (χ1v) is 13.2. The Balaban J connectivity index is 1.88. The maximum Gasteiger partial charge on any atom is 0.479 e. The third-order valence-electron chi connectivity index (χ3n) is 4.11. The van der Waals surface area contributed by atoms with E-state index in [1.165, 1.54) is 24.3 Å². The van der Waals surface area contributed by atoms with Gasteiger partial charge in [0.25, 0.3) is 0 Å². The van der Waals surface area contributed by atoms with E-state index in [-0.39, 0.29) is 17.0 Å². The van der Waals surface area contributed by atoms with Gasteiger partial charge in [0.15, 0.2) is 17.7 Å². The van der Waals surface area contributed by atoms with Crippen molar-refractivity contribution >= 4 is 40.7 Å².